The molecule has 9 heteroatoms. The largest absolute Gasteiger partial charge is 0.335 e. The number of carbonyl (C=O) groups is 1. The molecule has 0 saturated carbocycles. The fraction of sp³-hybridized carbons (Fsp3) is 0.167. The summed E-state index contributed by atoms with van der Waals surface area (Å²) < 4.78 is 41.8. The molecule has 4 aromatic rings. The lowest BCUT2D eigenvalue weighted by atomic mass is 10.0. The van der Waals surface area contributed by atoms with Gasteiger partial charge < -0.3 is 9.13 Å². The SMILES string of the molecule is C.Cc1c(-c2ccc(=O)n(Cc3ccccc3)c2)c2cc(F)ccc2n1CC(=O)N=S(=O)=O. The summed E-state index contributed by atoms with van der Waals surface area (Å²) in [7, 11) is -2.85. The van der Waals surface area contributed by atoms with Gasteiger partial charge in [0.05, 0.1) is 6.54 Å². The molecule has 2 aromatic heterocycles. The summed E-state index contributed by atoms with van der Waals surface area (Å²) in [5.41, 5.74) is 3.27. The van der Waals surface area contributed by atoms with Crippen LogP contribution in [-0.2, 0) is 28.4 Å². The molecular weight excluding hydrogens is 445 g/mol. The summed E-state index contributed by atoms with van der Waals surface area (Å²) >= 11 is 0. The average molecular weight is 468 g/mol. The molecule has 0 spiro atoms. The fourth-order valence-electron chi connectivity index (χ4n) is 3.85. The Morgan fingerprint density at radius 3 is 2.48 bits per heavy atom. The molecule has 0 atom stereocenters. The number of carbonyl (C=O) groups excluding carboxylic acids is 1. The smallest absolute Gasteiger partial charge is 0.319 e. The third-order valence-electron chi connectivity index (χ3n) is 5.22. The highest BCUT2D eigenvalue weighted by molar-refractivity contribution is 7.62. The van der Waals surface area contributed by atoms with E-state index in [2.05, 4.69) is 4.36 Å². The molecule has 0 aliphatic heterocycles. The van der Waals surface area contributed by atoms with E-state index in [1.807, 2.05) is 30.3 Å². The van der Waals surface area contributed by atoms with Crippen LogP contribution in [0.3, 0.4) is 0 Å². The van der Waals surface area contributed by atoms with Crippen LogP contribution in [0.5, 0.6) is 0 Å². The highest BCUT2D eigenvalue weighted by atomic mass is 32.2. The fourth-order valence-corrected chi connectivity index (χ4v) is 4.08. The van der Waals surface area contributed by atoms with Crippen molar-refractivity contribution in [1.29, 1.82) is 0 Å². The van der Waals surface area contributed by atoms with Crippen LogP contribution >= 0.6 is 0 Å². The van der Waals surface area contributed by atoms with E-state index < -0.39 is 22.2 Å². The second kappa shape index (κ2) is 9.74. The summed E-state index contributed by atoms with van der Waals surface area (Å²) in [6.07, 6.45) is 1.70. The number of fused-ring (bicyclic) bond motifs is 1. The van der Waals surface area contributed by atoms with Crippen molar-refractivity contribution in [1.82, 2.24) is 9.13 Å². The summed E-state index contributed by atoms with van der Waals surface area (Å²) in [5.74, 6) is -1.30. The van der Waals surface area contributed by atoms with Gasteiger partial charge in [0, 0.05) is 40.0 Å². The summed E-state index contributed by atoms with van der Waals surface area (Å²) in [6, 6.07) is 16.8. The van der Waals surface area contributed by atoms with E-state index in [1.54, 1.807) is 28.3 Å². The minimum Gasteiger partial charge on any atom is -0.335 e. The zero-order chi connectivity index (χ0) is 22.8. The number of nitrogens with zero attached hydrogens (tertiary/aromatic N) is 3. The van der Waals surface area contributed by atoms with Crippen molar-refractivity contribution >= 4 is 27.3 Å². The Bertz CT molecular complexity index is 1530. The minimum absolute atomic E-state index is 0. The van der Waals surface area contributed by atoms with Gasteiger partial charge in [-0.1, -0.05) is 42.1 Å². The molecule has 2 aromatic carbocycles. The molecule has 0 unspecified atom stereocenters. The van der Waals surface area contributed by atoms with Crippen molar-refractivity contribution in [3.63, 3.8) is 0 Å². The highest BCUT2D eigenvalue weighted by Gasteiger charge is 2.19. The van der Waals surface area contributed by atoms with Gasteiger partial charge in [0.25, 0.3) is 11.5 Å². The Kier molecular flexibility index (Phi) is 7.03. The van der Waals surface area contributed by atoms with Crippen molar-refractivity contribution in [3.8, 4) is 11.1 Å². The second-order valence-corrected chi connectivity index (χ2v) is 7.90. The lowest BCUT2D eigenvalue weighted by Crippen LogP contribution is -2.19. The molecule has 0 aliphatic rings. The van der Waals surface area contributed by atoms with Gasteiger partial charge in [0.2, 0.25) is 0 Å². The Balaban J connectivity index is 0.00000306. The predicted molar refractivity (Wildman–Crippen MR) is 125 cm³/mol. The third-order valence-corrected chi connectivity index (χ3v) is 5.58. The summed E-state index contributed by atoms with van der Waals surface area (Å²) in [6.45, 7) is 1.80. The molecule has 1 amide bonds. The van der Waals surface area contributed by atoms with E-state index in [9.17, 15) is 22.4 Å². The molecule has 0 fully saturated rings. The standard InChI is InChI=1S/C23H18FN3O4S.CH4/c1-15-23(17-7-10-22(29)26(13-17)12-16-5-3-2-4-6-16)19-11-18(24)8-9-20(19)27(15)14-21(28)25-32(30)31;/h2-11,13H,12,14H2,1H3;1H4. The van der Waals surface area contributed by atoms with Crippen LogP contribution < -0.4 is 5.56 Å². The molecule has 2 heterocycles. The first kappa shape index (κ1) is 23.8. The van der Waals surface area contributed by atoms with Crippen LogP contribution in [0.15, 0.2) is 76.0 Å². The number of aromatic nitrogens is 2. The predicted octanol–water partition coefficient (Wildman–Crippen LogP) is 4.19. The molecule has 7 nitrogen and oxygen atoms in total. The van der Waals surface area contributed by atoms with Crippen molar-refractivity contribution in [2.24, 2.45) is 4.36 Å². The molecule has 0 N–H and O–H groups in total. The number of hydrogen-bond acceptors (Lipinski definition) is 4. The molecular formula is C24H22FN3O4S. The average Bonchev–Trinajstić information content (AvgIpc) is 3.00. The Hall–Kier alpha value is -3.85. The Morgan fingerprint density at radius 1 is 1.06 bits per heavy atom. The third kappa shape index (κ3) is 4.98. The maximum atomic E-state index is 14.1. The lowest BCUT2D eigenvalue weighted by molar-refractivity contribution is -0.118. The molecule has 33 heavy (non-hydrogen) atoms. The first-order valence-corrected chi connectivity index (χ1v) is 10.7. The first-order chi connectivity index (χ1) is 15.3. The Morgan fingerprint density at radius 2 is 1.79 bits per heavy atom. The highest BCUT2D eigenvalue weighted by Crippen LogP contribution is 2.35. The zero-order valence-corrected chi connectivity index (χ0v) is 17.8. The number of pyridine rings is 1. The van der Waals surface area contributed by atoms with Gasteiger partial charge in [-0.2, -0.15) is 8.42 Å². The van der Waals surface area contributed by atoms with Crippen molar-refractivity contribution < 1.29 is 17.6 Å². The van der Waals surface area contributed by atoms with E-state index in [0.29, 0.717) is 34.3 Å². The van der Waals surface area contributed by atoms with E-state index in [1.165, 1.54) is 24.3 Å². The molecule has 0 aliphatic carbocycles. The number of halogens is 1. The molecule has 4 rings (SSSR count). The van der Waals surface area contributed by atoms with Crippen LogP contribution in [0.2, 0.25) is 0 Å². The number of rotatable bonds is 5. The van der Waals surface area contributed by atoms with Gasteiger partial charge in [-0.05, 0) is 36.8 Å². The quantitative estimate of drug-likeness (QED) is 0.440. The number of hydrogen-bond donors (Lipinski definition) is 0. The van der Waals surface area contributed by atoms with E-state index >= 15 is 0 Å². The van der Waals surface area contributed by atoms with Crippen LogP contribution in [0.4, 0.5) is 4.39 Å². The van der Waals surface area contributed by atoms with Crippen LogP contribution in [0.1, 0.15) is 18.7 Å². The summed E-state index contributed by atoms with van der Waals surface area (Å²) in [5, 5.41) is 0.545. The van der Waals surface area contributed by atoms with Crippen LogP contribution in [0.25, 0.3) is 22.0 Å². The van der Waals surface area contributed by atoms with Crippen LogP contribution in [-0.4, -0.2) is 23.5 Å². The maximum absolute atomic E-state index is 14.1. The van der Waals surface area contributed by atoms with Crippen molar-refractivity contribution in [2.45, 2.75) is 27.4 Å². The normalized spacial score (nSPS) is 10.6. The molecule has 0 bridgehead atoms. The van der Waals surface area contributed by atoms with E-state index in [0.717, 1.165) is 5.56 Å². The van der Waals surface area contributed by atoms with E-state index in [-0.39, 0.29) is 19.5 Å². The maximum Gasteiger partial charge on any atom is 0.319 e. The second-order valence-electron chi connectivity index (χ2n) is 7.28. The first-order valence-electron chi connectivity index (χ1n) is 9.70. The van der Waals surface area contributed by atoms with Gasteiger partial charge in [0.1, 0.15) is 12.4 Å². The minimum atomic E-state index is -2.85. The van der Waals surface area contributed by atoms with Crippen molar-refractivity contribution in [2.75, 3.05) is 0 Å². The molecule has 0 saturated heterocycles. The van der Waals surface area contributed by atoms with Gasteiger partial charge >= 0.3 is 10.5 Å². The summed E-state index contributed by atoms with van der Waals surface area (Å²) in [4.78, 5) is 24.5. The number of amides is 1. The topological polar surface area (TPSA) is 90.5 Å². The molecule has 170 valence electrons. The lowest BCUT2D eigenvalue weighted by Gasteiger charge is -2.10. The van der Waals surface area contributed by atoms with Gasteiger partial charge in [-0.25, -0.2) is 4.39 Å². The molecule has 0 radical (unpaired) electrons. The van der Waals surface area contributed by atoms with Gasteiger partial charge in [0.15, 0.2) is 0 Å². The van der Waals surface area contributed by atoms with Crippen LogP contribution in [0, 0.1) is 12.7 Å². The van der Waals surface area contributed by atoms with E-state index in [4.69, 9.17) is 0 Å². The van der Waals surface area contributed by atoms with Gasteiger partial charge in [-0.15, -0.1) is 0 Å². The number of benzene rings is 2. The zero-order valence-electron chi connectivity index (χ0n) is 17.0. The monoisotopic (exact) mass is 467 g/mol. The van der Waals surface area contributed by atoms with Gasteiger partial charge in [-0.3, -0.25) is 9.59 Å². The Labute approximate surface area is 191 Å². The van der Waals surface area contributed by atoms with Crippen molar-refractivity contribution in [3.05, 3.63) is 94.3 Å².